The average molecular weight is 527 g/mol. The summed E-state index contributed by atoms with van der Waals surface area (Å²) in [6, 6.07) is 7.58. The molecule has 0 radical (unpaired) electrons. The van der Waals surface area contributed by atoms with Gasteiger partial charge in [-0.05, 0) is 80.5 Å². The third-order valence-corrected chi connectivity index (χ3v) is 9.33. The van der Waals surface area contributed by atoms with Gasteiger partial charge in [-0.15, -0.1) is 0 Å². The van der Waals surface area contributed by atoms with Gasteiger partial charge in [-0.1, -0.05) is 110 Å². The quantitative estimate of drug-likeness (QED) is 0.141. The van der Waals surface area contributed by atoms with Crippen LogP contribution in [0.2, 0.25) is 0 Å². The SMILES string of the molecule is CCCCCCCC[C@H]1CC[C@H](OC(=O)c2ccc(OCCC[C@H]3CC[C@H](CCCCC)CC3)cc2)CC1. The Balaban J connectivity index is 1.23. The minimum atomic E-state index is -0.179. The van der Waals surface area contributed by atoms with Gasteiger partial charge in [0.1, 0.15) is 11.9 Å². The molecule has 3 rings (SSSR count). The largest absolute Gasteiger partial charge is 0.494 e. The molecule has 0 bridgehead atoms. The third kappa shape index (κ3) is 12.1. The molecule has 1 aromatic carbocycles. The molecular weight excluding hydrogens is 468 g/mol. The van der Waals surface area contributed by atoms with Gasteiger partial charge in [0.2, 0.25) is 0 Å². The number of esters is 1. The Hall–Kier alpha value is -1.51. The lowest BCUT2D eigenvalue weighted by Crippen LogP contribution is -2.24. The smallest absolute Gasteiger partial charge is 0.338 e. The molecule has 0 saturated heterocycles. The predicted molar refractivity (Wildman–Crippen MR) is 160 cm³/mol. The number of hydrogen-bond acceptors (Lipinski definition) is 3. The first kappa shape index (κ1) is 31.0. The lowest BCUT2D eigenvalue weighted by Gasteiger charge is -2.28. The van der Waals surface area contributed by atoms with Crippen LogP contribution >= 0.6 is 0 Å². The average Bonchev–Trinajstić information content (AvgIpc) is 2.95. The monoisotopic (exact) mass is 526 g/mol. The van der Waals surface area contributed by atoms with Gasteiger partial charge in [-0.25, -0.2) is 4.79 Å². The number of unbranched alkanes of at least 4 members (excludes halogenated alkanes) is 7. The van der Waals surface area contributed by atoms with E-state index in [1.807, 2.05) is 24.3 Å². The summed E-state index contributed by atoms with van der Waals surface area (Å²) in [5, 5.41) is 0. The second-order valence-electron chi connectivity index (χ2n) is 12.5. The standard InChI is InChI=1S/C35H58O3/c1-3-5-7-8-9-11-14-30-20-24-34(25-21-30)38-35(36)32-22-26-33(27-23-32)37-28-12-15-31-18-16-29(17-19-31)13-10-6-4-2/h22-23,26-27,29-31,34H,3-21,24-25,28H2,1-2H3/t29-,30-,31-,34-. The van der Waals surface area contributed by atoms with E-state index >= 15 is 0 Å². The molecule has 0 heterocycles. The highest BCUT2D eigenvalue weighted by Crippen LogP contribution is 2.34. The minimum Gasteiger partial charge on any atom is -0.494 e. The van der Waals surface area contributed by atoms with Crippen LogP contribution in [0.5, 0.6) is 5.75 Å². The number of carbonyl (C=O) groups is 1. The number of carbonyl (C=O) groups excluding carboxylic acids is 1. The van der Waals surface area contributed by atoms with Gasteiger partial charge < -0.3 is 9.47 Å². The molecule has 2 aliphatic rings. The van der Waals surface area contributed by atoms with E-state index in [1.165, 1.54) is 116 Å². The fourth-order valence-electron chi connectivity index (χ4n) is 6.71. The Kier molecular flexibility index (Phi) is 15.3. The van der Waals surface area contributed by atoms with Crippen LogP contribution < -0.4 is 4.74 Å². The van der Waals surface area contributed by atoms with Crippen molar-refractivity contribution in [3.8, 4) is 5.75 Å². The van der Waals surface area contributed by atoms with E-state index in [1.54, 1.807) is 0 Å². The van der Waals surface area contributed by atoms with Crippen LogP contribution in [0.1, 0.15) is 159 Å². The molecule has 1 aromatic rings. The van der Waals surface area contributed by atoms with Crippen LogP contribution in [-0.4, -0.2) is 18.7 Å². The first-order valence-corrected chi connectivity index (χ1v) is 16.6. The van der Waals surface area contributed by atoms with Crippen molar-refractivity contribution in [2.75, 3.05) is 6.61 Å². The highest BCUT2D eigenvalue weighted by Gasteiger charge is 2.24. The Morgan fingerprint density at radius 3 is 1.71 bits per heavy atom. The Morgan fingerprint density at radius 2 is 1.11 bits per heavy atom. The summed E-state index contributed by atoms with van der Waals surface area (Å²) in [5.41, 5.74) is 0.641. The van der Waals surface area contributed by atoms with Gasteiger partial charge in [0.15, 0.2) is 0 Å². The van der Waals surface area contributed by atoms with Crippen molar-refractivity contribution in [2.45, 2.75) is 155 Å². The molecule has 2 fully saturated rings. The maximum Gasteiger partial charge on any atom is 0.338 e. The van der Waals surface area contributed by atoms with E-state index in [2.05, 4.69) is 13.8 Å². The van der Waals surface area contributed by atoms with Gasteiger partial charge in [-0.3, -0.25) is 0 Å². The Labute approximate surface area is 234 Å². The highest BCUT2D eigenvalue weighted by atomic mass is 16.5. The number of ether oxygens (including phenoxy) is 2. The molecule has 0 aromatic heterocycles. The van der Waals surface area contributed by atoms with E-state index in [4.69, 9.17) is 9.47 Å². The predicted octanol–water partition coefficient (Wildman–Crippen LogP) is 10.7. The van der Waals surface area contributed by atoms with E-state index in [-0.39, 0.29) is 12.1 Å². The highest BCUT2D eigenvalue weighted by molar-refractivity contribution is 5.89. The molecular formula is C35H58O3. The van der Waals surface area contributed by atoms with Crippen LogP contribution in [0.25, 0.3) is 0 Å². The zero-order valence-corrected chi connectivity index (χ0v) is 24.9. The van der Waals surface area contributed by atoms with Crippen LogP contribution in [0, 0.1) is 17.8 Å². The minimum absolute atomic E-state index is 0.0886. The summed E-state index contributed by atoms with van der Waals surface area (Å²) in [7, 11) is 0. The molecule has 0 unspecified atom stereocenters. The number of benzene rings is 1. The van der Waals surface area contributed by atoms with Crippen molar-refractivity contribution in [1.29, 1.82) is 0 Å². The number of rotatable bonds is 18. The van der Waals surface area contributed by atoms with E-state index in [9.17, 15) is 4.79 Å². The molecule has 0 atom stereocenters. The topological polar surface area (TPSA) is 35.5 Å². The molecule has 0 aliphatic heterocycles. The molecule has 3 heteroatoms. The first-order valence-electron chi connectivity index (χ1n) is 16.6. The zero-order valence-electron chi connectivity index (χ0n) is 24.9. The first-order chi connectivity index (χ1) is 18.7. The summed E-state index contributed by atoms with van der Waals surface area (Å²) in [5.74, 6) is 3.39. The van der Waals surface area contributed by atoms with Crippen LogP contribution in [0.15, 0.2) is 24.3 Å². The molecule has 216 valence electrons. The lowest BCUT2D eigenvalue weighted by molar-refractivity contribution is 0.0161. The van der Waals surface area contributed by atoms with Crippen LogP contribution in [-0.2, 0) is 4.74 Å². The summed E-state index contributed by atoms with van der Waals surface area (Å²) in [6.07, 6.45) is 27.9. The zero-order chi connectivity index (χ0) is 26.8. The van der Waals surface area contributed by atoms with E-state index < -0.39 is 0 Å². The fourth-order valence-corrected chi connectivity index (χ4v) is 6.71. The van der Waals surface area contributed by atoms with E-state index in [0.717, 1.165) is 49.4 Å². The summed E-state index contributed by atoms with van der Waals surface area (Å²) in [4.78, 5) is 12.7. The van der Waals surface area contributed by atoms with Gasteiger partial charge in [-0.2, -0.15) is 0 Å². The molecule has 0 N–H and O–H groups in total. The normalized spacial score (nSPS) is 23.7. The molecule has 38 heavy (non-hydrogen) atoms. The van der Waals surface area contributed by atoms with E-state index in [0.29, 0.717) is 5.56 Å². The Morgan fingerprint density at radius 1 is 0.632 bits per heavy atom. The van der Waals surface area contributed by atoms with Crippen molar-refractivity contribution >= 4 is 5.97 Å². The van der Waals surface area contributed by atoms with Gasteiger partial charge >= 0.3 is 5.97 Å². The molecule has 2 saturated carbocycles. The summed E-state index contributed by atoms with van der Waals surface area (Å²) < 4.78 is 11.8. The number of hydrogen-bond donors (Lipinski definition) is 0. The van der Waals surface area contributed by atoms with Gasteiger partial charge in [0.05, 0.1) is 12.2 Å². The third-order valence-electron chi connectivity index (χ3n) is 9.33. The van der Waals surface area contributed by atoms with Crippen molar-refractivity contribution in [3.05, 3.63) is 29.8 Å². The van der Waals surface area contributed by atoms with Gasteiger partial charge in [0.25, 0.3) is 0 Å². The van der Waals surface area contributed by atoms with Gasteiger partial charge in [0, 0.05) is 0 Å². The molecule has 0 spiro atoms. The second kappa shape index (κ2) is 18.7. The fraction of sp³-hybridized carbons (Fsp3) is 0.800. The lowest BCUT2D eigenvalue weighted by atomic mass is 9.78. The van der Waals surface area contributed by atoms with Crippen molar-refractivity contribution in [2.24, 2.45) is 17.8 Å². The molecule has 2 aliphatic carbocycles. The van der Waals surface area contributed by atoms with Crippen molar-refractivity contribution in [3.63, 3.8) is 0 Å². The maximum atomic E-state index is 12.7. The van der Waals surface area contributed by atoms with Crippen LogP contribution in [0.4, 0.5) is 0 Å². The molecule has 3 nitrogen and oxygen atoms in total. The van der Waals surface area contributed by atoms with Crippen molar-refractivity contribution < 1.29 is 14.3 Å². The second-order valence-corrected chi connectivity index (χ2v) is 12.5. The Bertz CT molecular complexity index is 726. The summed E-state index contributed by atoms with van der Waals surface area (Å²) in [6.45, 7) is 5.34. The van der Waals surface area contributed by atoms with Crippen molar-refractivity contribution in [1.82, 2.24) is 0 Å². The summed E-state index contributed by atoms with van der Waals surface area (Å²) >= 11 is 0. The maximum absolute atomic E-state index is 12.7. The molecule has 0 amide bonds. The van der Waals surface area contributed by atoms with Crippen LogP contribution in [0.3, 0.4) is 0 Å².